The SMILES string of the molecule is CC(C)c1noc([C@H](C)N[C@@H](C)c2ccc3c(c2)NC(=O)CO3)n1. The van der Waals surface area contributed by atoms with Crippen molar-refractivity contribution in [3.8, 4) is 5.75 Å². The van der Waals surface area contributed by atoms with Crippen LogP contribution in [0, 0.1) is 0 Å². The summed E-state index contributed by atoms with van der Waals surface area (Å²) in [5.41, 5.74) is 1.74. The third kappa shape index (κ3) is 3.41. The van der Waals surface area contributed by atoms with Crippen LogP contribution < -0.4 is 15.4 Å². The molecule has 1 amide bonds. The van der Waals surface area contributed by atoms with Crippen LogP contribution in [0.4, 0.5) is 5.69 Å². The maximum Gasteiger partial charge on any atom is 0.262 e. The molecule has 0 fully saturated rings. The van der Waals surface area contributed by atoms with E-state index in [1.165, 1.54) is 0 Å². The number of anilines is 1. The van der Waals surface area contributed by atoms with Gasteiger partial charge in [0.15, 0.2) is 12.4 Å². The number of amides is 1. The number of hydrogen-bond donors (Lipinski definition) is 2. The first-order valence-electron chi connectivity index (χ1n) is 8.10. The molecule has 1 aromatic heterocycles. The van der Waals surface area contributed by atoms with Gasteiger partial charge in [0, 0.05) is 12.0 Å². The Morgan fingerprint density at radius 3 is 2.71 bits per heavy atom. The topological polar surface area (TPSA) is 89.3 Å². The van der Waals surface area contributed by atoms with Crippen molar-refractivity contribution < 1.29 is 14.1 Å². The highest BCUT2D eigenvalue weighted by atomic mass is 16.5. The largest absolute Gasteiger partial charge is 0.482 e. The summed E-state index contributed by atoms with van der Waals surface area (Å²) in [6.45, 7) is 8.14. The van der Waals surface area contributed by atoms with Gasteiger partial charge in [0.1, 0.15) is 5.75 Å². The van der Waals surface area contributed by atoms with E-state index in [1.807, 2.05) is 45.9 Å². The summed E-state index contributed by atoms with van der Waals surface area (Å²) >= 11 is 0. The van der Waals surface area contributed by atoms with Crippen molar-refractivity contribution in [1.29, 1.82) is 0 Å². The molecule has 2 aromatic rings. The molecule has 0 saturated carbocycles. The maximum atomic E-state index is 11.4. The molecular weight excluding hydrogens is 308 g/mol. The van der Waals surface area contributed by atoms with Crippen LogP contribution in [0.15, 0.2) is 22.7 Å². The number of aromatic nitrogens is 2. The Hall–Kier alpha value is -2.41. The molecule has 0 radical (unpaired) electrons. The molecule has 0 spiro atoms. The molecule has 24 heavy (non-hydrogen) atoms. The number of carbonyl (C=O) groups is 1. The molecule has 3 rings (SSSR count). The standard InChI is InChI=1S/C17H22N4O3/c1-9(2)16-20-17(24-21-16)11(4)18-10(3)12-5-6-14-13(7-12)19-15(22)8-23-14/h5-7,9-11,18H,8H2,1-4H3,(H,19,22)/t10-,11-/m0/s1. The van der Waals surface area contributed by atoms with E-state index in [2.05, 4.69) is 20.8 Å². The van der Waals surface area contributed by atoms with Gasteiger partial charge in [-0.05, 0) is 31.5 Å². The molecule has 1 aliphatic heterocycles. The quantitative estimate of drug-likeness (QED) is 0.876. The van der Waals surface area contributed by atoms with Crippen molar-refractivity contribution in [3.63, 3.8) is 0 Å². The zero-order chi connectivity index (χ0) is 17.3. The van der Waals surface area contributed by atoms with E-state index in [0.29, 0.717) is 23.2 Å². The second-order valence-corrected chi connectivity index (χ2v) is 6.35. The van der Waals surface area contributed by atoms with Crippen LogP contribution in [0.2, 0.25) is 0 Å². The third-order valence-electron chi connectivity index (χ3n) is 3.98. The average molecular weight is 330 g/mol. The molecular formula is C17H22N4O3. The fourth-order valence-electron chi connectivity index (χ4n) is 2.57. The molecule has 0 bridgehead atoms. The number of hydrogen-bond acceptors (Lipinski definition) is 6. The first kappa shape index (κ1) is 16.4. The van der Waals surface area contributed by atoms with Gasteiger partial charge in [-0.1, -0.05) is 25.1 Å². The van der Waals surface area contributed by atoms with Crippen LogP contribution >= 0.6 is 0 Å². The third-order valence-corrected chi connectivity index (χ3v) is 3.98. The Bertz CT molecular complexity index is 741. The molecule has 0 aliphatic carbocycles. The summed E-state index contributed by atoms with van der Waals surface area (Å²) in [5.74, 6) is 2.06. The second kappa shape index (κ2) is 6.60. The van der Waals surface area contributed by atoms with E-state index in [0.717, 1.165) is 5.56 Å². The highest BCUT2D eigenvalue weighted by Crippen LogP contribution is 2.31. The Labute approximate surface area is 140 Å². The zero-order valence-electron chi connectivity index (χ0n) is 14.3. The van der Waals surface area contributed by atoms with Gasteiger partial charge in [-0.3, -0.25) is 10.1 Å². The van der Waals surface area contributed by atoms with Gasteiger partial charge in [-0.2, -0.15) is 4.98 Å². The fourth-order valence-corrected chi connectivity index (χ4v) is 2.57. The summed E-state index contributed by atoms with van der Waals surface area (Å²) in [4.78, 5) is 15.9. The number of nitrogens with zero attached hydrogens (tertiary/aromatic N) is 2. The lowest BCUT2D eigenvalue weighted by Crippen LogP contribution is -2.26. The van der Waals surface area contributed by atoms with E-state index >= 15 is 0 Å². The van der Waals surface area contributed by atoms with Gasteiger partial charge in [0.05, 0.1) is 11.7 Å². The van der Waals surface area contributed by atoms with Gasteiger partial charge >= 0.3 is 0 Å². The lowest BCUT2D eigenvalue weighted by Gasteiger charge is -2.22. The molecule has 1 aliphatic rings. The van der Waals surface area contributed by atoms with Gasteiger partial charge in [-0.25, -0.2) is 0 Å². The van der Waals surface area contributed by atoms with E-state index in [-0.39, 0.29) is 30.5 Å². The van der Waals surface area contributed by atoms with Gasteiger partial charge < -0.3 is 14.6 Å². The van der Waals surface area contributed by atoms with E-state index < -0.39 is 0 Å². The molecule has 2 heterocycles. The van der Waals surface area contributed by atoms with Crippen LogP contribution in [0.5, 0.6) is 5.75 Å². The van der Waals surface area contributed by atoms with Crippen molar-refractivity contribution in [1.82, 2.24) is 15.5 Å². The summed E-state index contributed by atoms with van der Waals surface area (Å²) in [7, 11) is 0. The van der Waals surface area contributed by atoms with Gasteiger partial charge in [0.25, 0.3) is 5.91 Å². The lowest BCUT2D eigenvalue weighted by atomic mass is 10.1. The lowest BCUT2D eigenvalue weighted by molar-refractivity contribution is -0.118. The number of fused-ring (bicyclic) bond motifs is 1. The number of benzene rings is 1. The van der Waals surface area contributed by atoms with Crippen molar-refractivity contribution in [2.75, 3.05) is 11.9 Å². The van der Waals surface area contributed by atoms with Crippen LogP contribution in [0.25, 0.3) is 0 Å². The van der Waals surface area contributed by atoms with Crippen LogP contribution in [-0.2, 0) is 4.79 Å². The average Bonchev–Trinajstić information content (AvgIpc) is 3.04. The molecule has 1 aromatic carbocycles. The number of ether oxygens (including phenoxy) is 1. The maximum absolute atomic E-state index is 11.4. The normalized spacial score (nSPS) is 16.3. The minimum absolute atomic E-state index is 0.0403. The Morgan fingerprint density at radius 2 is 2.00 bits per heavy atom. The molecule has 2 atom stereocenters. The number of carbonyl (C=O) groups excluding carboxylic acids is 1. The fraction of sp³-hybridized carbons (Fsp3) is 0.471. The first-order chi connectivity index (χ1) is 11.4. The van der Waals surface area contributed by atoms with E-state index in [4.69, 9.17) is 9.26 Å². The highest BCUT2D eigenvalue weighted by molar-refractivity contribution is 5.95. The first-order valence-corrected chi connectivity index (χ1v) is 8.10. The summed E-state index contributed by atoms with van der Waals surface area (Å²) in [6.07, 6.45) is 0. The Balaban J connectivity index is 1.71. The van der Waals surface area contributed by atoms with Crippen molar-refractivity contribution >= 4 is 11.6 Å². The minimum atomic E-state index is -0.138. The van der Waals surface area contributed by atoms with E-state index in [9.17, 15) is 4.79 Å². The Kier molecular flexibility index (Phi) is 4.53. The highest BCUT2D eigenvalue weighted by Gasteiger charge is 2.20. The molecule has 2 N–H and O–H groups in total. The molecule has 0 saturated heterocycles. The van der Waals surface area contributed by atoms with Crippen LogP contribution in [0.1, 0.15) is 63.0 Å². The molecule has 7 heteroatoms. The molecule has 0 unspecified atom stereocenters. The van der Waals surface area contributed by atoms with Crippen molar-refractivity contribution in [2.45, 2.75) is 45.7 Å². The molecule has 7 nitrogen and oxygen atoms in total. The zero-order valence-corrected chi connectivity index (χ0v) is 14.3. The summed E-state index contributed by atoms with van der Waals surface area (Å²) < 4.78 is 10.7. The summed E-state index contributed by atoms with van der Waals surface area (Å²) in [5, 5.41) is 10.2. The Morgan fingerprint density at radius 1 is 1.21 bits per heavy atom. The van der Waals surface area contributed by atoms with Crippen LogP contribution in [0.3, 0.4) is 0 Å². The minimum Gasteiger partial charge on any atom is -0.482 e. The van der Waals surface area contributed by atoms with Gasteiger partial charge in [-0.15, -0.1) is 0 Å². The van der Waals surface area contributed by atoms with Crippen molar-refractivity contribution in [3.05, 3.63) is 35.5 Å². The number of rotatable bonds is 5. The predicted octanol–water partition coefficient (Wildman–Crippen LogP) is 2.94. The smallest absolute Gasteiger partial charge is 0.262 e. The predicted molar refractivity (Wildman–Crippen MR) is 88.9 cm³/mol. The van der Waals surface area contributed by atoms with Crippen molar-refractivity contribution in [2.24, 2.45) is 0 Å². The second-order valence-electron chi connectivity index (χ2n) is 6.35. The monoisotopic (exact) mass is 330 g/mol. The van der Waals surface area contributed by atoms with Crippen LogP contribution in [-0.4, -0.2) is 22.7 Å². The molecule has 128 valence electrons. The summed E-state index contributed by atoms with van der Waals surface area (Å²) in [6, 6.07) is 5.73. The van der Waals surface area contributed by atoms with Gasteiger partial charge in [0.2, 0.25) is 5.89 Å². The number of nitrogens with one attached hydrogen (secondary N) is 2. The van der Waals surface area contributed by atoms with E-state index in [1.54, 1.807) is 0 Å².